The van der Waals surface area contributed by atoms with Crippen LogP contribution < -0.4 is 0 Å². The number of esters is 2. The fourth-order valence-corrected chi connectivity index (χ4v) is 6.93. The number of ether oxygens (including phenoxy) is 2. The third kappa shape index (κ3) is 30.3. The van der Waals surface area contributed by atoms with E-state index in [1.54, 1.807) is 0 Å². The fraction of sp³-hybridized carbons (Fsp3) is 0.592. The van der Waals surface area contributed by atoms with Crippen molar-refractivity contribution >= 4 is 19.8 Å². The van der Waals surface area contributed by atoms with E-state index in [4.69, 9.17) is 18.5 Å². The maximum atomic E-state index is 12.8. The molecule has 63 heavy (non-hydrogen) atoms. The molecule has 0 spiro atoms. The van der Waals surface area contributed by atoms with Gasteiger partial charge in [0.05, 0.1) is 6.61 Å². The molecule has 8 atom stereocenters. The van der Waals surface area contributed by atoms with Gasteiger partial charge in [-0.1, -0.05) is 136 Å². The molecule has 1 rings (SSSR count). The molecule has 0 heterocycles. The number of allylic oxidation sites excluding steroid dienone is 18. The molecule has 0 aromatic carbocycles. The first-order chi connectivity index (χ1) is 30.4. The van der Waals surface area contributed by atoms with E-state index in [1.807, 2.05) is 24.3 Å². The SMILES string of the molecule is CC/C=C\C/C=C\C/C=C\C/C=C\C/C=C\CCCC(=O)OC[C@H](COP(=O)(O)OC1C(O)C(O)C(O)[C@@H](O)C1O)OC(=O)CCC/C=C\C/C=C\C/C=C\C/C=C\CCCCC. The molecule has 0 aromatic rings. The molecule has 1 aliphatic rings. The van der Waals surface area contributed by atoms with Gasteiger partial charge in [0.15, 0.2) is 6.10 Å². The number of carbonyl (C=O) groups is 2. The number of aliphatic hydroxyl groups is 5. The van der Waals surface area contributed by atoms with E-state index in [1.165, 1.54) is 19.3 Å². The fourth-order valence-electron chi connectivity index (χ4n) is 5.96. The Hall–Kier alpha value is -3.49. The molecule has 1 saturated carbocycles. The minimum Gasteiger partial charge on any atom is -0.462 e. The number of carbonyl (C=O) groups excluding carboxylic acids is 2. The second-order valence-corrected chi connectivity index (χ2v) is 16.6. The number of hydrogen-bond donors (Lipinski definition) is 6. The Morgan fingerprint density at radius 2 is 0.889 bits per heavy atom. The van der Waals surface area contributed by atoms with Crippen molar-refractivity contribution in [2.45, 2.75) is 172 Å². The van der Waals surface area contributed by atoms with Gasteiger partial charge in [-0.3, -0.25) is 18.6 Å². The highest BCUT2D eigenvalue weighted by atomic mass is 31.2. The highest BCUT2D eigenvalue weighted by molar-refractivity contribution is 7.47. The van der Waals surface area contributed by atoms with Gasteiger partial charge in [-0.05, 0) is 89.9 Å². The van der Waals surface area contributed by atoms with Crippen LogP contribution in [0.3, 0.4) is 0 Å². The van der Waals surface area contributed by atoms with Crippen LogP contribution in [-0.2, 0) is 32.7 Å². The van der Waals surface area contributed by atoms with Gasteiger partial charge in [0.25, 0.3) is 0 Å². The largest absolute Gasteiger partial charge is 0.472 e. The smallest absolute Gasteiger partial charge is 0.462 e. The van der Waals surface area contributed by atoms with E-state index in [0.29, 0.717) is 25.7 Å². The monoisotopic (exact) mass is 905 g/mol. The first-order valence-electron chi connectivity index (χ1n) is 22.7. The van der Waals surface area contributed by atoms with E-state index in [0.717, 1.165) is 57.8 Å². The molecule has 356 valence electrons. The minimum absolute atomic E-state index is 0.00155. The molecule has 0 saturated heterocycles. The molecule has 0 amide bonds. The Morgan fingerprint density at radius 1 is 0.508 bits per heavy atom. The molecule has 1 fully saturated rings. The van der Waals surface area contributed by atoms with Gasteiger partial charge in [0.2, 0.25) is 0 Å². The summed E-state index contributed by atoms with van der Waals surface area (Å²) in [6, 6.07) is 0. The van der Waals surface area contributed by atoms with Crippen LogP contribution in [0.15, 0.2) is 109 Å². The van der Waals surface area contributed by atoms with Crippen LogP contribution >= 0.6 is 7.82 Å². The van der Waals surface area contributed by atoms with E-state index >= 15 is 0 Å². The van der Waals surface area contributed by atoms with Gasteiger partial charge < -0.3 is 39.9 Å². The third-order valence-electron chi connectivity index (χ3n) is 9.60. The second-order valence-electron chi connectivity index (χ2n) is 15.2. The van der Waals surface area contributed by atoms with Gasteiger partial charge >= 0.3 is 19.8 Å². The van der Waals surface area contributed by atoms with Crippen molar-refractivity contribution in [2.75, 3.05) is 13.2 Å². The van der Waals surface area contributed by atoms with Crippen molar-refractivity contribution < 1.29 is 63.1 Å². The highest BCUT2D eigenvalue weighted by Gasteiger charge is 2.51. The van der Waals surface area contributed by atoms with Crippen LogP contribution in [0.1, 0.15) is 129 Å². The lowest BCUT2D eigenvalue weighted by atomic mass is 9.85. The van der Waals surface area contributed by atoms with Gasteiger partial charge in [-0.25, -0.2) is 4.57 Å². The summed E-state index contributed by atoms with van der Waals surface area (Å²) >= 11 is 0. The lowest BCUT2D eigenvalue weighted by Crippen LogP contribution is -2.64. The molecule has 0 aromatic heterocycles. The number of aliphatic hydroxyl groups excluding tert-OH is 5. The number of hydrogen-bond acceptors (Lipinski definition) is 12. The van der Waals surface area contributed by atoms with Gasteiger partial charge in [-0.15, -0.1) is 0 Å². The van der Waals surface area contributed by atoms with Crippen molar-refractivity contribution in [1.82, 2.24) is 0 Å². The Labute approximate surface area is 376 Å². The molecule has 14 heteroatoms. The van der Waals surface area contributed by atoms with Gasteiger partial charge in [0, 0.05) is 12.8 Å². The quantitative estimate of drug-likeness (QED) is 0.0152. The predicted molar refractivity (Wildman–Crippen MR) is 248 cm³/mol. The molecule has 0 radical (unpaired) electrons. The van der Waals surface area contributed by atoms with Crippen LogP contribution in [0, 0.1) is 0 Å². The molecule has 13 nitrogen and oxygen atoms in total. The van der Waals surface area contributed by atoms with Crippen LogP contribution in [0.5, 0.6) is 0 Å². The average molecular weight is 905 g/mol. The maximum absolute atomic E-state index is 12.8. The zero-order chi connectivity index (χ0) is 46.4. The lowest BCUT2D eigenvalue weighted by molar-refractivity contribution is -0.220. The maximum Gasteiger partial charge on any atom is 0.472 e. The summed E-state index contributed by atoms with van der Waals surface area (Å²) in [6.45, 7) is 3.04. The normalized spacial score (nSPS) is 22.7. The van der Waals surface area contributed by atoms with Crippen LogP contribution in [0.2, 0.25) is 0 Å². The summed E-state index contributed by atoms with van der Waals surface area (Å²) in [4.78, 5) is 35.6. The van der Waals surface area contributed by atoms with Crippen LogP contribution in [-0.4, -0.2) is 98.3 Å². The molecule has 0 bridgehead atoms. The Kier molecular flexibility index (Phi) is 34.6. The Bertz CT molecular complexity index is 1510. The van der Waals surface area contributed by atoms with Crippen molar-refractivity contribution in [2.24, 2.45) is 0 Å². The molecular weight excluding hydrogens is 827 g/mol. The van der Waals surface area contributed by atoms with Crippen LogP contribution in [0.4, 0.5) is 0 Å². The summed E-state index contributed by atoms with van der Waals surface area (Å²) in [7, 11) is -5.15. The Balaban J connectivity index is 2.57. The lowest BCUT2D eigenvalue weighted by Gasteiger charge is -2.41. The topological polar surface area (TPSA) is 210 Å². The minimum atomic E-state index is -5.15. The van der Waals surface area contributed by atoms with E-state index in [9.17, 15) is 44.6 Å². The van der Waals surface area contributed by atoms with Crippen molar-refractivity contribution in [1.29, 1.82) is 0 Å². The van der Waals surface area contributed by atoms with E-state index in [2.05, 4.69) is 98.9 Å². The summed E-state index contributed by atoms with van der Waals surface area (Å²) in [5.74, 6) is -1.25. The number of phosphoric acid groups is 1. The Morgan fingerprint density at radius 3 is 1.32 bits per heavy atom. The summed E-state index contributed by atoms with van der Waals surface area (Å²) in [6.07, 6.45) is 38.7. The highest BCUT2D eigenvalue weighted by Crippen LogP contribution is 2.47. The molecule has 6 unspecified atom stereocenters. The van der Waals surface area contributed by atoms with E-state index < -0.39 is 75.7 Å². The molecule has 0 aliphatic heterocycles. The molecule has 1 aliphatic carbocycles. The standard InChI is InChI=1S/C49H77O13P/c1-3-5-7-9-11-13-15-17-19-21-23-25-27-29-31-33-35-37-42(50)59-39-41(40-60-63(57,58)62-49-47(55)45(53)44(52)46(54)48(49)56)61-43(51)38-36-34-32-30-28-26-24-22-20-18-16-14-12-10-8-6-4-2/h5,7,11-14,17-20,23-26,29-32,41,44-49,52-56H,3-4,6,8-10,15-16,21-22,27-28,33-40H2,1-2H3,(H,57,58)/b7-5-,13-11-,14-12-,19-17-,20-18-,25-23-,26-24-,31-29-,32-30-/t41-,44?,45-,46?,47?,48?,49?/m1/s1. The zero-order valence-electron chi connectivity index (χ0n) is 37.6. The van der Waals surface area contributed by atoms with Crippen molar-refractivity contribution in [3.05, 3.63) is 109 Å². The molecule has 6 N–H and O–H groups in total. The van der Waals surface area contributed by atoms with Gasteiger partial charge in [-0.2, -0.15) is 0 Å². The molecular formula is C49H77O13P. The average Bonchev–Trinajstić information content (AvgIpc) is 3.26. The van der Waals surface area contributed by atoms with Crippen molar-refractivity contribution in [3.8, 4) is 0 Å². The van der Waals surface area contributed by atoms with E-state index in [-0.39, 0.29) is 12.8 Å². The first-order valence-corrected chi connectivity index (χ1v) is 24.2. The number of phosphoric ester groups is 1. The number of unbranched alkanes of at least 4 members (excludes halogenated alkanes) is 5. The first kappa shape index (κ1) is 57.5. The summed E-state index contributed by atoms with van der Waals surface area (Å²) in [5.41, 5.74) is 0. The van der Waals surface area contributed by atoms with Crippen molar-refractivity contribution in [3.63, 3.8) is 0 Å². The predicted octanol–water partition coefficient (Wildman–Crippen LogP) is 8.83. The van der Waals surface area contributed by atoms with Gasteiger partial charge in [0.1, 0.15) is 43.2 Å². The number of rotatable bonds is 35. The zero-order valence-corrected chi connectivity index (χ0v) is 38.5. The summed E-state index contributed by atoms with van der Waals surface area (Å²) < 4.78 is 33.4. The third-order valence-corrected chi connectivity index (χ3v) is 10.6. The van der Waals surface area contributed by atoms with Crippen LogP contribution in [0.25, 0.3) is 0 Å². The second kappa shape index (κ2) is 37.8. The summed E-state index contributed by atoms with van der Waals surface area (Å²) in [5, 5.41) is 50.1.